The third kappa shape index (κ3) is 4.98. The van der Waals surface area contributed by atoms with Gasteiger partial charge in [-0.3, -0.25) is 19.6 Å². The molecule has 2 aromatic rings. The van der Waals surface area contributed by atoms with E-state index in [4.69, 9.17) is 4.74 Å². The van der Waals surface area contributed by atoms with Crippen molar-refractivity contribution >= 4 is 38.7 Å². The van der Waals surface area contributed by atoms with Crippen LogP contribution in [0, 0.1) is 10.1 Å². The fraction of sp³-hybridized carbons (Fsp3) is 0.316. The largest absolute Gasteiger partial charge is 0.494 e. The Bertz CT molecular complexity index is 1080. The van der Waals surface area contributed by atoms with Gasteiger partial charge in [0.1, 0.15) is 5.75 Å². The number of nitrogens with zero attached hydrogens (tertiary/aromatic N) is 2. The molecule has 0 aromatic heterocycles. The first-order chi connectivity index (χ1) is 14.2. The number of carbonyl (C=O) groups is 1. The lowest BCUT2D eigenvalue weighted by atomic mass is 10.1. The van der Waals surface area contributed by atoms with Crippen molar-refractivity contribution in [2.24, 2.45) is 0 Å². The van der Waals surface area contributed by atoms with E-state index in [2.05, 4.69) is 10.0 Å². The quantitative estimate of drug-likeness (QED) is 0.506. The Morgan fingerprint density at radius 2 is 1.87 bits per heavy atom. The molecule has 1 aliphatic heterocycles. The van der Waals surface area contributed by atoms with Crippen LogP contribution in [0.25, 0.3) is 0 Å². The highest BCUT2D eigenvalue weighted by Gasteiger charge is 2.23. The van der Waals surface area contributed by atoms with Crippen LogP contribution in [0.2, 0.25) is 0 Å². The topological polar surface area (TPSA) is 131 Å². The zero-order valence-electron chi connectivity index (χ0n) is 16.5. The van der Waals surface area contributed by atoms with Crippen molar-refractivity contribution in [3.8, 4) is 5.75 Å². The number of sulfonamides is 1. The lowest BCUT2D eigenvalue weighted by Crippen LogP contribution is -2.23. The molecule has 1 amide bonds. The summed E-state index contributed by atoms with van der Waals surface area (Å²) >= 11 is 0. The highest BCUT2D eigenvalue weighted by Crippen LogP contribution is 2.31. The molecule has 3 rings (SSSR count). The van der Waals surface area contributed by atoms with Crippen LogP contribution >= 0.6 is 0 Å². The van der Waals surface area contributed by atoms with E-state index >= 15 is 0 Å². The highest BCUT2D eigenvalue weighted by atomic mass is 32.2. The summed E-state index contributed by atoms with van der Waals surface area (Å²) in [5.41, 5.74) is 1.25. The summed E-state index contributed by atoms with van der Waals surface area (Å²) in [6.07, 6.45) is 3.00. The molecule has 1 saturated heterocycles. The number of non-ortho nitro benzene ring substituents is 1. The molecule has 10 nitrogen and oxygen atoms in total. The Morgan fingerprint density at radius 3 is 2.47 bits per heavy atom. The summed E-state index contributed by atoms with van der Waals surface area (Å²) in [4.78, 5) is 25.6. The predicted octanol–water partition coefficient (Wildman–Crippen LogP) is 2.83. The average Bonchev–Trinajstić information content (AvgIpc) is 3.22. The molecule has 0 atom stereocenters. The number of nitro groups is 1. The third-order valence-corrected chi connectivity index (χ3v) is 5.23. The molecular formula is C19H22N4O6S. The molecule has 1 aliphatic rings. The number of nitro benzene ring substituents is 1. The maximum Gasteiger partial charge on any atom is 0.270 e. The summed E-state index contributed by atoms with van der Waals surface area (Å²) in [6, 6.07) is 8.69. The van der Waals surface area contributed by atoms with Gasteiger partial charge in [-0.2, -0.15) is 0 Å². The summed E-state index contributed by atoms with van der Waals surface area (Å²) in [5.74, 6) is -0.288. The van der Waals surface area contributed by atoms with Gasteiger partial charge in [0, 0.05) is 37.0 Å². The number of rotatable bonds is 7. The first-order valence-corrected chi connectivity index (χ1v) is 11.1. The van der Waals surface area contributed by atoms with E-state index in [1.54, 1.807) is 6.07 Å². The fourth-order valence-electron chi connectivity index (χ4n) is 3.30. The van der Waals surface area contributed by atoms with Gasteiger partial charge >= 0.3 is 0 Å². The number of benzene rings is 2. The van der Waals surface area contributed by atoms with Gasteiger partial charge in [-0.15, -0.1) is 0 Å². The number of methoxy groups -OCH3 is 1. The van der Waals surface area contributed by atoms with Gasteiger partial charge < -0.3 is 15.0 Å². The number of anilines is 3. The minimum absolute atomic E-state index is 0.173. The van der Waals surface area contributed by atoms with Gasteiger partial charge in [-0.1, -0.05) is 0 Å². The van der Waals surface area contributed by atoms with Gasteiger partial charge in [0.15, 0.2) is 0 Å². The van der Waals surface area contributed by atoms with E-state index in [1.165, 1.54) is 37.4 Å². The van der Waals surface area contributed by atoms with E-state index in [0.717, 1.165) is 32.2 Å². The van der Waals surface area contributed by atoms with Gasteiger partial charge in [0.05, 0.1) is 35.2 Å². The maximum atomic E-state index is 13.0. The van der Waals surface area contributed by atoms with Crippen LogP contribution in [0.15, 0.2) is 36.4 Å². The van der Waals surface area contributed by atoms with Gasteiger partial charge in [0.25, 0.3) is 11.6 Å². The maximum absolute atomic E-state index is 13.0. The Balaban J connectivity index is 1.91. The third-order valence-electron chi connectivity index (χ3n) is 4.64. The molecule has 2 aromatic carbocycles. The van der Waals surface area contributed by atoms with E-state index in [9.17, 15) is 23.3 Å². The second kappa shape index (κ2) is 8.57. The number of amides is 1. The SMILES string of the molecule is COc1cc(NC(=O)c2cc([N+](=O)[O-])ccc2N2CCCC2)ccc1NS(C)(=O)=O. The zero-order chi connectivity index (χ0) is 21.9. The summed E-state index contributed by atoms with van der Waals surface area (Å²) in [7, 11) is -2.13. The molecule has 0 aliphatic carbocycles. The number of ether oxygens (including phenoxy) is 1. The molecule has 0 spiro atoms. The molecule has 11 heteroatoms. The first-order valence-electron chi connectivity index (χ1n) is 9.18. The van der Waals surface area contributed by atoms with Crippen LogP contribution in [-0.2, 0) is 10.0 Å². The van der Waals surface area contributed by atoms with E-state index in [-0.39, 0.29) is 22.7 Å². The van der Waals surface area contributed by atoms with Crippen molar-refractivity contribution in [1.29, 1.82) is 0 Å². The minimum atomic E-state index is -3.50. The Hall–Kier alpha value is -3.34. The van der Waals surface area contributed by atoms with Gasteiger partial charge in [0.2, 0.25) is 10.0 Å². The highest BCUT2D eigenvalue weighted by molar-refractivity contribution is 7.92. The summed E-state index contributed by atoms with van der Waals surface area (Å²) in [6.45, 7) is 1.55. The Labute approximate surface area is 174 Å². The molecule has 160 valence electrons. The Kier molecular flexibility index (Phi) is 6.11. The van der Waals surface area contributed by atoms with Crippen molar-refractivity contribution in [1.82, 2.24) is 0 Å². The van der Waals surface area contributed by atoms with Crippen LogP contribution < -0.4 is 19.7 Å². The van der Waals surface area contributed by atoms with Crippen molar-refractivity contribution in [3.05, 3.63) is 52.1 Å². The van der Waals surface area contributed by atoms with Crippen molar-refractivity contribution in [2.45, 2.75) is 12.8 Å². The molecule has 2 N–H and O–H groups in total. The molecule has 0 radical (unpaired) electrons. The molecule has 0 bridgehead atoms. The minimum Gasteiger partial charge on any atom is -0.494 e. The molecule has 0 unspecified atom stereocenters. The average molecular weight is 434 g/mol. The normalized spacial score (nSPS) is 13.7. The number of carbonyl (C=O) groups excluding carboxylic acids is 1. The zero-order valence-corrected chi connectivity index (χ0v) is 17.4. The summed E-state index contributed by atoms with van der Waals surface area (Å²) in [5, 5.41) is 13.9. The first kappa shape index (κ1) is 21.4. The monoisotopic (exact) mass is 434 g/mol. The van der Waals surface area contributed by atoms with E-state index < -0.39 is 20.9 Å². The lowest BCUT2D eigenvalue weighted by molar-refractivity contribution is -0.384. The van der Waals surface area contributed by atoms with E-state index in [0.29, 0.717) is 11.4 Å². The van der Waals surface area contributed by atoms with Crippen molar-refractivity contribution in [3.63, 3.8) is 0 Å². The molecule has 30 heavy (non-hydrogen) atoms. The second-order valence-corrected chi connectivity index (χ2v) is 8.64. The Morgan fingerprint density at radius 1 is 1.17 bits per heavy atom. The number of nitrogens with one attached hydrogen (secondary N) is 2. The van der Waals surface area contributed by atoms with E-state index in [1.807, 2.05) is 4.90 Å². The molecular weight excluding hydrogens is 412 g/mol. The van der Waals surface area contributed by atoms with Crippen LogP contribution in [0.5, 0.6) is 5.75 Å². The lowest BCUT2D eigenvalue weighted by Gasteiger charge is -2.21. The van der Waals surface area contributed by atoms with Crippen LogP contribution in [-0.4, -0.2) is 45.7 Å². The standard InChI is InChI=1S/C19H22N4O6S/c1-29-18-11-13(5-7-16(18)21-30(2,27)28)20-19(24)15-12-14(23(25)26)6-8-17(15)22-9-3-4-10-22/h5-8,11-12,21H,3-4,9-10H2,1-2H3,(H,20,24). The van der Waals surface area contributed by atoms with Gasteiger partial charge in [-0.05, 0) is 31.0 Å². The number of hydrogen-bond donors (Lipinski definition) is 2. The smallest absolute Gasteiger partial charge is 0.270 e. The summed E-state index contributed by atoms with van der Waals surface area (Å²) < 4.78 is 30.5. The molecule has 1 fully saturated rings. The van der Waals surface area contributed by atoms with Crippen LogP contribution in [0.4, 0.5) is 22.7 Å². The van der Waals surface area contributed by atoms with Crippen molar-refractivity contribution < 1.29 is 22.9 Å². The number of hydrogen-bond acceptors (Lipinski definition) is 7. The fourth-order valence-corrected chi connectivity index (χ4v) is 3.87. The van der Waals surface area contributed by atoms with Gasteiger partial charge in [-0.25, -0.2) is 8.42 Å². The molecule has 1 heterocycles. The van der Waals surface area contributed by atoms with Crippen molar-refractivity contribution in [2.75, 3.05) is 41.4 Å². The van der Waals surface area contributed by atoms with Crippen LogP contribution in [0.3, 0.4) is 0 Å². The molecule has 0 saturated carbocycles. The second-order valence-electron chi connectivity index (χ2n) is 6.90. The predicted molar refractivity (Wildman–Crippen MR) is 114 cm³/mol. The van der Waals surface area contributed by atoms with Crippen LogP contribution in [0.1, 0.15) is 23.2 Å².